The molecule has 0 radical (unpaired) electrons. The van der Waals surface area contributed by atoms with Gasteiger partial charge in [-0.3, -0.25) is 4.79 Å². The predicted molar refractivity (Wildman–Crippen MR) is 75.2 cm³/mol. The molecule has 0 saturated heterocycles. The van der Waals surface area contributed by atoms with Crippen molar-refractivity contribution < 1.29 is 4.79 Å². The zero-order valence-electron chi connectivity index (χ0n) is 10.9. The van der Waals surface area contributed by atoms with Gasteiger partial charge in [-0.2, -0.15) is 0 Å². The topological polar surface area (TPSA) is 66.9 Å². The number of para-hydroxylation sites is 1. The molecule has 0 bridgehead atoms. The van der Waals surface area contributed by atoms with Crippen molar-refractivity contribution in [3.05, 3.63) is 48.4 Å². The monoisotopic (exact) mass is 256 g/mol. The van der Waals surface area contributed by atoms with Gasteiger partial charge in [0, 0.05) is 17.8 Å². The van der Waals surface area contributed by atoms with E-state index in [1.54, 1.807) is 6.07 Å². The minimum absolute atomic E-state index is 0.250. The van der Waals surface area contributed by atoms with E-state index < -0.39 is 0 Å². The SMILES string of the molecule is CC(C)Nc1cc(C(=O)Nc2ccccc2)ncn1. The van der Waals surface area contributed by atoms with Crippen LogP contribution >= 0.6 is 0 Å². The Morgan fingerprint density at radius 3 is 2.58 bits per heavy atom. The first kappa shape index (κ1) is 13.0. The van der Waals surface area contributed by atoms with Gasteiger partial charge in [-0.05, 0) is 26.0 Å². The fourth-order valence-electron chi connectivity index (χ4n) is 1.57. The smallest absolute Gasteiger partial charge is 0.274 e. The lowest BCUT2D eigenvalue weighted by Crippen LogP contribution is -2.16. The minimum atomic E-state index is -0.250. The van der Waals surface area contributed by atoms with Gasteiger partial charge in [-0.25, -0.2) is 9.97 Å². The van der Waals surface area contributed by atoms with Gasteiger partial charge in [0.05, 0.1) is 0 Å². The van der Waals surface area contributed by atoms with Crippen molar-refractivity contribution in [1.29, 1.82) is 0 Å². The first-order valence-electron chi connectivity index (χ1n) is 6.10. The third-order valence-electron chi connectivity index (χ3n) is 2.37. The van der Waals surface area contributed by atoms with Crippen molar-refractivity contribution >= 4 is 17.4 Å². The summed E-state index contributed by atoms with van der Waals surface area (Å²) in [6.45, 7) is 4.01. The third-order valence-corrected chi connectivity index (χ3v) is 2.37. The molecule has 1 heterocycles. The van der Waals surface area contributed by atoms with Crippen LogP contribution in [0.5, 0.6) is 0 Å². The van der Waals surface area contributed by atoms with E-state index >= 15 is 0 Å². The number of rotatable bonds is 4. The summed E-state index contributed by atoms with van der Waals surface area (Å²) >= 11 is 0. The summed E-state index contributed by atoms with van der Waals surface area (Å²) in [5, 5.41) is 5.91. The zero-order chi connectivity index (χ0) is 13.7. The highest BCUT2D eigenvalue weighted by Crippen LogP contribution is 2.10. The van der Waals surface area contributed by atoms with E-state index in [2.05, 4.69) is 20.6 Å². The van der Waals surface area contributed by atoms with Crippen LogP contribution in [-0.2, 0) is 0 Å². The predicted octanol–water partition coefficient (Wildman–Crippen LogP) is 2.55. The number of nitrogens with one attached hydrogen (secondary N) is 2. The van der Waals surface area contributed by atoms with Crippen LogP contribution in [0.3, 0.4) is 0 Å². The number of hydrogen-bond donors (Lipinski definition) is 2. The summed E-state index contributed by atoms with van der Waals surface area (Å²) in [6, 6.07) is 11.2. The van der Waals surface area contributed by atoms with Crippen molar-refractivity contribution in [3.8, 4) is 0 Å². The molecule has 0 aliphatic carbocycles. The Kier molecular flexibility index (Phi) is 4.07. The molecule has 2 rings (SSSR count). The molecule has 98 valence electrons. The third kappa shape index (κ3) is 3.77. The van der Waals surface area contributed by atoms with Gasteiger partial charge in [0.25, 0.3) is 5.91 Å². The average Bonchev–Trinajstić information content (AvgIpc) is 2.39. The fraction of sp³-hybridized carbons (Fsp3) is 0.214. The van der Waals surface area contributed by atoms with Crippen molar-refractivity contribution in [2.24, 2.45) is 0 Å². The van der Waals surface area contributed by atoms with Crippen LogP contribution in [-0.4, -0.2) is 21.9 Å². The Morgan fingerprint density at radius 1 is 1.16 bits per heavy atom. The van der Waals surface area contributed by atoms with Crippen molar-refractivity contribution in [1.82, 2.24) is 9.97 Å². The average molecular weight is 256 g/mol. The molecule has 19 heavy (non-hydrogen) atoms. The number of carbonyl (C=O) groups is 1. The second kappa shape index (κ2) is 5.95. The lowest BCUT2D eigenvalue weighted by molar-refractivity contribution is 0.102. The summed E-state index contributed by atoms with van der Waals surface area (Å²) in [7, 11) is 0. The Labute approximate surface area is 112 Å². The summed E-state index contributed by atoms with van der Waals surface area (Å²) in [6.07, 6.45) is 1.38. The highest BCUT2D eigenvalue weighted by atomic mass is 16.1. The maximum absolute atomic E-state index is 12.0. The standard InChI is InChI=1S/C14H16N4O/c1-10(2)17-13-8-12(15-9-16-13)14(19)18-11-6-4-3-5-7-11/h3-10H,1-2H3,(H,18,19)(H,15,16,17). The summed E-state index contributed by atoms with van der Waals surface area (Å²) in [4.78, 5) is 20.1. The van der Waals surface area contributed by atoms with Gasteiger partial charge in [0.2, 0.25) is 0 Å². The maximum Gasteiger partial charge on any atom is 0.274 e. The molecular weight excluding hydrogens is 240 g/mol. The number of aromatic nitrogens is 2. The molecule has 0 unspecified atom stereocenters. The second-order valence-corrected chi connectivity index (χ2v) is 4.41. The number of nitrogens with zero attached hydrogens (tertiary/aromatic N) is 2. The highest BCUT2D eigenvalue weighted by molar-refractivity contribution is 6.03. The molecular formula is C14H16N4O. The molecule has 2 aromatic rings. The van der Waals surface area contributed by atoms with Crippen LogP contribution < -0.4 is 10.6 Å². The summed E-state index contributed by atoms with van der Waals surface area (Å²) in [5.41, 5.74) is 1.08. The van der Waals surface area contributed by atoms with E-state index in [1.165, 1.54) is 6.33 Å². The van der Waals surface area contributed by atoms with Gasteiger partial charge in [0.15, 0.2) is 0 Å². The normalized spacial score (nSPS) is 10.3. The van der Waals surface area contributed by atoms with Gasteiger partial charge in [-0.1, -0.05) is 18.2 Å². The van der Waals surface area contributed by atoms with Crippen LogP contribution in [0.2, 0.25) is 0 Å². The summed E-state index contributed by atoms with van der Waals surface area (Å²) in [5.74, 6) is 0.392. The molecule has 1 amide bonds. The molecule has 0 aliphatic rings. The van der Waals surface area contributed by atoms with E-state index in [0.29, 0.717) is 11.5 Å². The first-order chi connectivity index (χ1) is 9.15. The van der Waals surface area contributed by atoms with Crippen molar-refractivity contribution in [2.75, 3.05) is 10.6 Å². The van der Waals surface area contributed by atoms with Gasteiger partial charge in [-0.15, -0.1) is 0 Å². The van der Waals surface area contributed by atoms with Gasteiger partial charge < -0.3 is 10.6 Å². The zero-order valence-corrected chi connectivity index (χ0v) is 10.9. The molecule has 0 spiro atoms. The lowest BCUT2D eigenvalue weighted by atomic mass is 10.3. The second-order valence-electron chi connectivity index (χ2n) is 4.41. The van der Waals surface area contributed by atoms with Crippen LogP contribution in [0.1, 0.15) is 24.3 Å². The number of anilines is 2. The number of carbonyl (C=O) groups excluding carboxylic acids is 1. The minimum Gasteiger partial charge on any atom is -0.368 e. The molecule has 1 aromatic heterocycles. The molecule has 0 atom stereocenters. The molecule has 1 aromatic carbocycles. The fourth-order valence-corrected chi connectivity index (χ4v) is 1.57. The summed E-state index contributed by atoms with van der Waals surface area (Å²) < 4.78 is 0. The molecule has 5 heteroatoms. The van der Waals surface area contributed by atoms with Crippen LogP contribution in [0, 0.1) is 0 Å². The van der Waals surface area contributed by atoms with Gasteiger partial charge in [0.1, 0.15) is 17.8 Å². The van der Waals surface area contributed by atoms with Crippen LogP contribution in [0.25, 0.3) is 0 Å². The largest absolute Gasteiger partial charge is 0.368 e. The van der Waals surface area contributed by atoms with E-state index in [4.69, 9.17) is 0 Å². The van der Waals surface area contributed by atoms with Crippen molar-refractivity contribution in [3.63, 3.8) is 0 Å². The lowest BCUT2D eigenvalue weighted by Gasteiger charge is -2.09. The first-order valence-corrected chi connectivity index (χ1v) is 6.10. The highest BCUT2D eigenvalue weighted by Gasteiger charge is 2.09. The maximum atomic E-state index is 12.0. The molecule has 5 nitrogen and oxygen atoms in total. The Balaban J connectivity index is 2.11. The van der Waals surface area contributed by atoms with E-state index in [1.807, 2.05) is 44.2 Å². The molecule has 2 N–H and O–H groups in total. The van der Waals surface area contributed by atoms with Crippen molar-refractivity contribution in [2.45, 2.75) is 19.9 Å². The number of hydrogen-bond acceptors (Lipinski definition) is 4. The molecule has 0 aliphatic heterocycles. The Morgan fingerprint density at radius 2 is 1.89 bits per heavy atom. The van der Waals surface area contributed by atoms with Crippen LogP contribution in [0.15, 0.2) is 42.7 Å². The van der Waals surface area contributed by atoms with E-state index in [-0.39, 0.29) is 11.9 Å². The van der Waals surface area contributed by atoms with Crippen LogP contribution in [0.4, 0.5) is 11.5 Å². The number of amides is 1. The Bertz CT molecular complexity index is 554. The molecule has 0 fully saturated rings. The Hall–Kier alpha value is -2.43. The number of benzene rings is 1. The van der Waals surface area contributed by atoms with E-state index in [0.717, 1.165) is 5.69 Å². The molecule has 0 saturated carbocycles. The van der Waals surface area contributed by atoms with E-state index in [9.17, 15) is 4.79 Å². The van der Waals surface area contributed by atoms with Gasteiger partial charge >= 0.3 is 0 Å². The quantitative estimate of drug-likeness (QED) is 0.882.